The second kappa shape index (κ2) is 9.06. The van der Waals surface area contributed by atoms with Crippen LogP contribution in [0.25, 0.3) is 0 Å². The van der Waals surface area contributed by atoms with Gasteiger partial charge >= 0.3 is 5.97 Å². The van der Waals surface area contributed by atoms with Gasteiger partial charge in [-0.1, -0.05) is 6.07 Å². The van der Waals surface area contributed by atoms with Crippen LogP contribution >= 0.6 is 0 Å². The third-order valence-corrected chi connectivity index (χ3v) is 4.02. The first kappa shape index (κ1) is 21.0. The fourth-order valence-electron chi connectivity index (χ4n) is 2.41. The molecule has 2 rings (SSSR count). The SMILES string of the molecule is CN=C(NCC(=O)OC(C)(C)C)NC(C)c1ccc(OCC2CC2)c(F)c1. The van der Waals surface area contributed by atoms with Crippen LogP contribution in [0.5, 0.6) is 5.75 Å². The molecule has 1 atom stereocenters. The topological polar surface area (TPSA) is 72.0 Å². The molecule has 150 valence electrons. The van der Waals surface area contributed by atoms with Crippen molar-refractivity contribution < 1.29 is 18.7 Å². The molecule has 1 unspecified atom stereocenters. The molecule has 7 heteroatoms. The van der Waals surface area contributed by atoms with Gasteiger partial charge in [0.2, 0.25) is 0 Å². The summed E-state index contributed by atoms with van der Waals surface area (Å²) in [5.41, 5.74) is 0.218. The van der Waals surface area contributed by atoms with E-state index in [-0.39, 0.29) is 30.1 Å². The van der Waals surface area contributed by atoms with Crippen LogP contribution in [-0.2, 0) is 9.53 Å². The smallest absolute Gasteiger partial charge is 0.325 e. The Morgan fingerprint density at radius 1 is 1.37 bits per heavy atom. The number of carbonyl (C=O) groups excluding carboxylic acids is 1. The Hall–Kier alpha value is -2.31. The van der Waals surface area contributed by atoms with Crippen LogP contribution in [-0.4, -0.2) is 37.7 Å². The third-order valence-electron chi connectivity index (χ3n) is 4.02. The summed E-state index contributed by atoms with van der Waals surface area (Å²) in [7, 11) is 1.60. The van der Waals surface area contributed by atoms with Crippen molar-refractivity contribution >= 4 is 11.9 Å². The first-order valence-corrected chi connectivity index (χ1v) is 9.29. The van der Waals surface area contributed by atoms with Gasteiger partial charge in [-0.25, -0.2) is 4.39 Å². The van der Waals surface area contributed by atoms with Gasteiger partial charge in [-0.2, -0.15) is 0 Å². The lowest BCUT2D eigenvalue weighted by Gasteiger charge is -2.21. The molecule has 0 aromatic heterocycles. The van der Waals surface area contributed by atoms with Crippen LogP contribution in [0.2, 0.25) is 0 Å². The summed E-state index contributed by atoms with van der Waals surface area (Å²) in [6.45, 7) is 7.89. The fraction of sp³-hybridized carbons (Fsp3) is 0.600. The number of hydrogen-bond donors (Lipinski definition) is 2. The molecule has 1 aliphatic carbocycles. The summed E-state index contributed by atoms with van der Waals surface area (Å²) in [5.74, 6) is 0.539. The molecule has 0 radical (unpaired) electrons. The summed E-state index contributed by atoms with van der Waals surface area (Å²) in [4.78, 5) is 15.9. The van der Waals surface area contributed by atoms with Crippen LogP contribution in [0.4, 0.5) is 4.39 Å². The monoisotopic (exact) mass is 379 g/mol. The Morgan fingerprint density at radius 2 is 2.07 bits per heavy atom. The van der Waals surface area contributed by atoms with Crippen molar-refractivity contribution in [2.75, 3.05) is 20.2 Å². The van der Waals surface area contributed by atoms with Gasteiger partial charge in [-0.15, -0.1) is 0 Å². The Labute approximate surface area is 160 Å². The minimum Gasteiger partial charge on any atom is -0.490 e. The van der Waals surface area contributed by atoms with E-state index in [4.69, 9.17) is 9.47 Å². The fourth-order valence-corrected chi connectivity index (χ4v) is 2.41. The largest absolute Gasteiger partial charge is 0.490 e. The van der Waals surface area contributed by atoms with E-state index < -0.39 is 5.60 Å². The van der Waals surface area contributed by atoms with Gasteiger partial charge in [0.1, 0.15) is 12.1 Å². The van der Waals surface area contributed by atoms with E-state index in [1.165, 1.54) is 6.07 Å². The molecule has 0 spiro atoms. The van der Waals surface area contributed by atoms with E-state index >= 15 is 0 Å². The zero-order valence-electron chi connectivity index (χ0n) is 16.8. The second-order valence-electron chi connectivity index (χ2n) is 7.82. The predicted octanol–water partition coefficient (Wildman–Crippen LogP) is 3.18. The lowest BCUT2D eigenvalue weighted by molar-refractivity contribution is -0.153. The lowest BCUT2D eigenvalue weighted by Crippen LogP contribution is -2.42. The number of carbonyl (C=O) groups is 1. The van der Waals surface area contributed by atoms with Gasteiger partial charge in [0.25, 0.3) is 0 Å². The molecule has 1 saturated carbocycles. The summed E-state index contributed by atoms with van der Waals surface area (Å²) in [6.07, 6.45) is 2.33. The molecule has 0 saturated heterocycles. The average molecular weight is 379 g/mol. The highest BCUT2D eigenvalue weighted by atomic mass is 19.1. The second-order valence-corrected chi connectivity index (χ2v) is 7.82. The lowest BCUT2D eigenvalue weighted by atomic mass is 10.1. The van der Waals surface area contributed by atoms with Crippen LogP contribution in [0, 0.1) is 11.7 Å². The van der Waals surface area contributed by atoms with Gasteiger partial charge in [-0.3, -0.25) is 9.79 Å². The molecule has 1 fully saturated rings. The van der Waals surface area contributed by atoms with Crippen molar-refractivity contribution in [3.63, 3.8) is 0 Å². The van der Waals surface area contributed by atoms with Gasteiger partial charge in [-0.05, 0) is 64.2 Å². The number of nitrogens with one attached hydrogen (secondary N) is 2. The summed E-state index contributed by atoms with van der Waals surface area (Å²) in [6, 6.07) is 4.73. The molecule has 0 bridgehead atoms. The highest BCUT2D eigenvalue weighted by Gasteiger charge is 2.22. The summed E-state index contributed by atoms with van der Waals surface area (Å²) >= 11 is 0. The normalized spacial score (nSPS) is 15.9. The number of nitrogens with zero attached hydrogens (tertiary/aromatic N) is 1. The van der Waals surface area contributed by atoms with Crippen LogP contribution in [0.1, 0.15) is 52.1 Å². The van der Waals surface area contributed by atoms with Crippen LogP contribution < -0.4 is 15.4 Å². The number of rotatable bonds is 7. The maximum atomic E-state index is 14.3. The van der Waals surface area contributed by atoms with Crippen molar-refractivity contribution in [3.8, 4) is 5.75 Å². The standard InChI is InChI=1S/C20H30FN3O3/c1-13(24-19(22-5)23-11-18(25)27-20(2,3)4)15-8-9-17(16(21)10-15)26-12-14-6-7-14/h8-10,13-14H,6-7,11-12H2,1-5H3,(H2,22,23,24). The number of ether oxygens (including phenoxy) is 2. The maximum absolute atomic E-state index is 14.3. The Morgan fingerprint density at radius 3 is 2.63 bits per heavy atom. The summed E-state index contributed by atoms with van der Waals surface area (Å²) < 4.78 is 25.0. The first-order valence-electron chi connectivity index (χ1n) is 9.29. The number of benzene rings is 1. The zero-order chi connectivity index (χ0) is 20.0. The highest BCUT2D eigenvalue weighted by Crippen LogP contribution is 2.30. The van der Waals surface area contributed by atoms with Gasteiger partial charge in [0.05, 0.1) is 12.6 Å². The molecule has 1 aromatic rings. The van der Waals surface area contributed by atoms with Crippen LogP contribution in [0.15, 0.2) is 23.2 Å². The van der Waals surface area contributed by atoms with Crippen molar-refractivity contribution in [1.82, 2.24) is 10.6 Å². The number of hydrogen-bond acceptors (Lipinski definition) is 4. The molecule has 0 aliphatic heterocycles. The third kappa shape index (κ3) is 7.45. The van der Waals surface area contributed by atoms with Crippen LogP contribution in [0.3, 0.4) is 0 Å². The number of esters is 1. The van der Waals surface area contributed by atoms with E-state index in [0.717, 1.165) is 18.4 Å². The van der Waals surface area contributed by atoms with Gasteiger partial charge in [0, 0.05) is 7.05 Å². The maximum Gasteiger partial charge on any atom is 0.325 e. The minimum absolute atomic E-state index is 0.00797. The van der Waals surface area contributed by atoms with Crippen molar-refractivity contribution in [2.24, 2.45) is 10.9 Å². The van der Waals surface area contributed by atoms with Crippen molar-refractivity contribution in [1.29, 1.82) is 0 Å². The molecular weight excluding hydrogens is 349 g/mol. The first-order chi connectivity index (χ1) is 12.7. The van der Waals surface area contributed by atoms with E-state index in [1.54, 1.807) is 13.1 Å². The molecule has 1 aromatic carbocycles. The van der Waals surface area contributed by atoms with Gasteiger partial charge in [0.15, 0.2) is 17.5 Å². The summed E-state index contributed by atoms with van der Waals surface area (Å²) in [5, 5.41) is 6.04. The van der Waals surface area contributed by atoms with E-state index in [2.05, 4.69) is 15.6 Å². The zero-order valence-corrected chi connectivity index (χ0v) is 16.8. The van der Waals surface area contributed by atoms with E-state index in [9.17, 15) is 9.18 Å². The Kier molecular flexibility index (Phi) is 7.05. The Balaban J connectivity index is 1.87. The quantitative estimate of drug-likeness (QED) is 0.432. The van der Waals surface area contributed by atoms with Crippen molar-refractivity contribution in [2.45, 2.75) is 52.2 Å². The molecule has 2 N–H and O–H groups in total. The number of aliphatic imine (C=N–C) groups is 1. The predicted molar refractivity (Wildman–Crippen MR) is 103 cm³/mol. The molecule has 0 heterocycles. The average Bonchev–Trinajstić information content (AvgIpc) is 3.40. The minimum atomic E-state index is -0.538. The molecule has 6 nitrogen and oxygen atoms in total. The molecular formula is C20H30FN3O3. The molecule has 0 amide bonds. The van der Waals surface area contributed by atoms with Gasteiger partial charge < -0.3 is 20.1 Å². The molecule has 27 heavy (non-hydrogen) atoms. The van der Waals surface area contributed by atoms with E-state index in [0.29, 0.717) is 18.5 Å². The number of guanidine groups is 1. The molecule has 1 aliphatic rings. The number of halogens is 1. The Bertz CT molecular complexity index is 682. The van der Waals surface area contributed by atoms with E-state index in [1.807, 2.05) is 33.8 Å². The van der Waals surface area contributed by atoms with Crippen molar-refractivity contribution in [3.05, 3.63) is 29.6 Å². The highest BCUT2D eigenvalue weighted by molar-refractivity contribution is 5.84.